The summed E-state index contributed by atoms with van der Waals surface area (Å²) < 4.78 is 6.02. The van der Waals surface area contributed by atoms with Gasteiger partial charge in [0.2, 0.25) is 0 Å². The summed E-state index contributed by atoms with van der Waals surface area (Å²) >= 11 is 0. The fourth-order valence-corrected chi connectivity index (χ4v) is 3.24. The Morgan fingerprint density at radius 1 is 1.26 bits per heavy atom. The van der Waals surface area contributed by atoms with Crippen LogP contribution in [0.15, 0.2) is 0 Å². The van der Waals surface area contributed by atoms with Crippen molar-refractivity contribution in [3.05, 3.63) is 0 Å². The number of hydrogen-bond acceptors (Lipinski definition) is 3. The van der Waals surface area contributed by atoms with Crippen LogP contribution in [0.3, 0.4) is 0 Å². The lowest BCUT2D eigenvalue weighted by Crippen LogP contribution is -2.36. The molecule has 0 aromatic rings. The molecule has 0 aromatic carbocycles. The first kappa shape index (κ1) is 16.6. The van der Waals surface area contributed by atoms with Crippen LogP contribution in [0.5, 0.6) is 0 Å². The van der Waals surface area contributed by atoms with Gasteiger partial charge in [0.1, 0.15) is 5.78 Å². The van der Waals surface area contributed by atoms with E-state index in [-0.39, 0.29) is 29.1 Å². The lowest BCUT2D eigenvalue weighted by atomic mass is 9.79. The van der Waals surface area contributed by atoms with Gasteiger partial charge < -0.3 is 10.5 Å². The van der Waals surface area contributed by atoms with E-state index >= 15 is 0 Å². The van der Waals surface area contributed by atoms with Gasteiger partial charge >= 0.3 is 0 Å². The Kier molecular flexibility index (Phi) is 5.19. The smallest absolute Gasteiger partial charge is 0.141 e. The van der Waals surface area contributed by atoms with Gasteiger partial charge in [0.15, 0.2) is 0 Å². The Labute approximate surface area is 118 Å². The van der Waals surface area contributed by atoms with Crippen LogP contribution in [0.25, 0.3) is 0 Å². The fourth-order valence-electron chi connectivity index (χ4n) is 3.24. The van der Waals surface area contributed by atoms with Gasteiger partial charge in [0.25, 0.3) is 0 Å². The molecule has 1 saturated heterocycles. The number of nitrogens with two attached hydrogens (primary N) is 1. The second-order valence-electron chi connectivity index (χ2n) is 7.43. The highest BCUT2D eigenvalue weighted by Gasteiger charge is 2.49. The molecule has 1 heterocycles. The highest BCUT2D eigenvalue weighted by Crippen LogP contribution is 2.43. The Balaban J connectivity index is 2.57. The van der Waals surface area contributed by atoms with Crippen LogP contribution < -0.4 is 5.73 Å². The van der Waals surface area contributed by atoms with Crippen molar-refractivity contribution in [3.8, 4) is 0 Å². The van der Waals surface area contributed by atoms with E-state index in [4.69, 9.17) is 10.5 Å². The zero-order chi connectivity index (χ0) is 14.8. The van der Waals surface area contributed by atoms with Gasteiger partial charge in [0.05, 0.1) is 11.2 Å². The minimum Gasteiger partial charge on any atom is -0.369 e. The molecule has 112 valence electrons. The molecule has 1 rings (SSSR count). The molecule has 0 aromatic heterocycles. The van der Waals surface area contributed by atoms with E-state index in [2.05, 4.69) is 13.8 Å². The summed E-state index contributed by atoms with van der Waals surface area (Å²) in [4.78, 5) is 12.6. The minimum absolute atomic E-state index is 0.0211. The molecule has 2 N–H and O–H groups in total. The highest BCUT2D eigenvalue weighted by molar-refractivity contribution is 5.84. The van der Waals surface area contributed by atoms with Gasteiger partial charge in [-0.25, -0.2) is 0 Å². The molecule has 0 saturated carbocycles. The number of carbonyl (C=O) groups excluding carboxylic acids is 1. The SMILES string of the molecule is CC(N)CCCC(C)C(=O)C1CC(C)(C)OC1(C)C. The zero-order valence-electron chi connectivity index (χ0n) is 13.5. The van der Waals surface area contributed by atoms with Gasteiger partial charge in [-0.2, -0.15) is 0 Å². The molecule has 3 atom stereocenters. The Hall–Kier alpha value is -0.410. The van der Waals surface area contributed by atoms with Crippen molar-refractivity contribution >= 4 is 5.78 Å². The highest BCUT2D eigenvalue weighted by atomic mass is 16.5. The van der Waals surface area contributed by atoms with E-state index in [1.165, 1.54) is 0 Å². The molecular weight excluding hydrogens is 238 g/mol. The van der Waals surface area contributed by atoms with Crippen molar-refractivity contribution in [2.75, 3.05) is 0 Å². The van der Waals surface area contributed by atoms with E-state index in [9.17, 15) is 4.79 Å². The summed E-state index contributed by atoms with van der Waals surface area (Å²) in [6.45, 7) is 12.3. The summed E-state index contributed by atoms with van der Waals surface area (Å²) in [5.41, 5.74) is 5.23. The number of ether oxygens (including phenoxy) is 1. The Bertz CT molecular complexity index is 321. The summed E-state index contributed by atoms with van der Waals surface area (Å²) in [5, 5.41) is 0. The first-order chi connectivity index (χ1) is 8.55. The van der Waals surface area contributed by atoms with E-state index in [1.807, 2.05) is 27.7 Å². The number of ketones is 1. The lowest BCUT2D eigenvalue weighted by Gasteiger charge is -2.28. The largest absolute Gasteiger partial charge is 0.369 e. The standard InChI is InChI=1S/C16H31NO2/c1-11(8-7-9-12(2)17)14(18)13-10-15(3,4)19-16(13,5)6/h11-13H,7-10,17H2,1-6H3. The fraction of sp³-hybridized carbons (Fsp3) is 0.938. The molecule has 0 radical (unpaired) electrons. The third-order valence-corrected chi connectivity index (χ3v) is 4.20. The molecule has 0 bridgehead atoms. The maximum absolute atomic E-state index is 12.6. The summed E-state index contributed by atoms with van der Waals surface area (Å²) in [5.74, 6) is 0.494. The number of rotatable bonds is 6. The first-order valence-corrected chi connectivity index (χ1v) is 7.54. The molecule has 0 amide bonds. The van der Waals surface area contributed by atoms with Crippen molar-refractivity contribution in [2.45, 2.75) is 84.5 Å². The molecule has 3 heteroatoms. The average Bonchev–Trinajstić information content (AvgIpc) is 2.44. The van der Waals surface area contributed by atoms with E-state index < -0.39 is 0 Å². The molecule has 0 spiro atoms. The first-order valence-electron chi connectivity index (χ1n) is 7.54. The van der Waals surface area contributed by atoms with Crippen molar-refractivity contribution in [1.82, 2.24) is 0 Å². The van der Waals surface area contributed by atoms with Crippen molar-refractivity contribution < 1.29 is 9.53 Å². The predicted octanol–water partition coefficient (Wildman–Crippen LogP) is 3.30. The second-order valence-corrected chi connectivity index (χ2v) is 7.43. The molecule has 1 fully saturated rings. The summed E-state index contributed by atoms with van der Waals surface area (Å²) in [6.07, 6.45) is 3.79. The Morgan fingerprint density at radius 2 is 1.84 bits per heavy atom. The van der Waals surface area contributed by atoms with E-state index in [0.717, 1.165) is 25.7 Å². The Morgan fingerprint density at radius 3 is 2.26 bits per heavy atom. The predicted molar refractivity (Wildman–Crippen MR) is 79.0 cm³/mol. The van der Waals surface area contributed by atoms with Crippen molar-refractivity contribution in [2.24, 2.45) is 17.6 Å². The summed E-state index contributed by atoms with van der Waals surface area (Å²) in [6, 6.07) is 0.229. The van der Waals surface area contributed by atoms with Crippen molar-refractivity contribution in [1.29, 1.82) is 0 Å². The molecule has 0 aliphatic carbocycles. The lowest BCUT2D eigenvalue weighted by molar-refractivity contribution is -0.133. The second kappa shape index (κ2) is 5.92. The number of hydrogen-bond donors (Lipinski definition) is 1. The number of carbonyl (C=O) groups is 1. The zero-order valence-corrected chi connectivity index (χ0v) is 13.5. The van der Waals surface area contributed by atoms with Crippen LogP contribution in [0.4, 0.5) is 0 Å². The van der Waals surface area contributed by atoms with Crippen LogP contribution in [0, 0.1) is 11.8 Å². The summed E-state index contributed by atoms with van der Waals surface area (Å²) in [7, 11) is 0. The maximum atomic E-state index is 12.6. The molecule has 3 unspecified atom stereocenters. The van der Waals surface area contributed by atoms with Crippen LogP contribution >= 0.6 is 0 Å². The van der Waals surface area contributed by atoms with E-state index in [1.54, 1.807) is 0 Å². The van der Waals surface area contributed by atoms with Gasteiger partial charge in [-0.3, -0.25) is 4.79 Å². The maximum Gasteiger partial charge on any atom is 0.141 e. The van der Waals surface area contributed by atoms with Crippen molar-refractivity contribution in [3.63, 3.8) is 0 Å². The van der Waals surface area contributed by atoms with Gasteiger partial charge in [-0.05, 0) is 53.9 Å². The van der Waals surface area contributed by atoms with Crippen LogP contribution in [-0.2, 0) is 9.53 Å². The topological polar surface area (TPSA) is 52.3 Å². The third-order valence-electron chi connectivity index (χ3n) is 4.20. The van der Waals surface area contributed by atoms with Crippen LogP contribution in [0.2, 0.25) is 0 Å². The molecule has 1 aliphatic heterocycles. The third kappa shape index (κ3) is 4.57. The van der Waals surface area contributed by atoms with Gasteiger partial charge in [0, 0.05) is 17.9 Å². The van der Waals surface area contributed by atoms with Gasteiger partial charge in [-0.1, -0.05) is 13.3 Å². The average molecular weight is 269 g/mol. The van der Waals surface area contributed by atoms with E-state index in [0.29, 0.717) is 5.78 Å². The van der Waals surface area contributed by atoms with Crippen LogP contribution in [0.1, 0.15) is 67.2 Å². The molecule has 1 aliphatic rings. The molecule has 19 heavy (non-hydrogen) atoms. The van der Waals surface area contributed by atoms with Gasteiger partial charge in [-0.15, -0.1) is 0 Å². The van der Waals surface area contributed by atoms with Crippen LogP contribution in [-0.4, -0.2) is 23.0 Å². The molecule has 3 nitrogen and oxygen atoms in total. The molecular formula is C16H31NO2. The minimum atomic E-state index is -0.337. The number of Topliss-reactive ketones (excluding diaryl/α,β-unsaturated/α-hetero) is 1. The quantitative estimate of drug-likeness (QED) is 0.805. The normalized spacial score (nSPS) is 28.1. The monoisotopic (exact) mass is 269 g/mol.